The third-order valence-electron chi connectivity index (χ3n) is 4.23. The van der Waals surface area contributed by atoms with Crippen molar-refractivity contribution in [2.24, 2.45) is 0 Å². The predicted molar refractivity (Wildman–Crippen MR) is 97.1 cm³/mol. The number of hydrogen-bond donors (Lipinski definition) is 1. The number of benzene rings is 1. The Morgan fingerprint density at radius 2 is 2.00 bits per heavy atom. The summed E-state index contributed by atoms with van der Waals surface area (Å²) in [4.78, 5) is 26.1. The summed E-state index contributed by atoms with van der Waals surface area (Å²) in [5, 5.41) is 2.85. The molecule has 1 aliphatic heterocycles. The molecular weight excluding hydrogens is 336 g/mol. The van der Waals surface area contributed by atoms with Crippen molar-refractivity contribution in [3.63, 3.8) is 0 Å². The van der Waals surface area contributed by atoms with Crippen LogP contribution in [0, 0.1) is 0 Å². The Labute approximate surface area is 153 Å². The van der Waals surface area contributed by atoms with Gasteiger partial charge in [-0.1, -0.05) is 13.0 Å². The molecule has 0 saturated heterocycles. The summed E-state index contributed by atoms with van der Waals surface area (Å²) in [7, 11) is 3.17. The lowest BCUT2D eigenvalue weighted by Gasteiger charge is -2.33. The highest BCUT2D eigenvalue weighted by Crippen LogP contribution is 2.35. The van der Waals surface area contributed by atoms with Crippen LogP contribution in [0.1, 0.15) is 38.8 Å². The number of nitrogens with zero attached hydrogens (tertiary/aromatic N) is 1. The van der Waals surface area contributed by atoms with Gasteiger partial charge in [0, 0.05) is 12.7 Å². The molecule has 1 aliphatic rings. The van der Waals surface area contributed by atoms with E-state index in [-0.39, 0.29) is 12.6 Å². The Morgan fingerprint density at radius 3 is 2.62 bits per heavy atom. The van der Waals surface area contributed by atoms with Gasteiger partial charge < -0.3 is 24.4 Å². The maximum absolute atomic E-state index is 12.5. The first-order valence-electron chi connectivity index (χ1n) is 8.67. The smallest absolute Gasteiger partial charge is 0.338 e. The van der Waals surface area contributed by atoms with Gasteiger partial charge >= 0.3 is 12.0 Å². The minimum Gasteiger partial charge on any atom is -0.493 e. The van der Waals surface area contributed by atoms with E-state index in [1.807, 2.05) is 13.0 Å². The standard InChI is InChI=1S/C19H26N2O5/c1-6-10-26-14-9-8-13(11-15(14)24-5)17-16(18(22)25-7-2)12(3)21(4)19(23)20-17/h8-9,11,17H,6-7,10H2,1-5H3,(H,20,23). The van der Waals surface area contributed by atoms with Crippen molar-refractivity contribution in [3.05, 3.63) is 35.0 Å². The lowest BCUT2D eigenvalue weighted by Crippen LogP contribution is -2.46. The predicted octanol–water partition coefficient (Wildman–Crippen LogP) is 3.02. The molecule has 142 valence electrons. The molecule has 26 heavy (non-hydrogen) atoms. The van der Waals surface area contributed by atoms with Crippen LogP contribution in [0.25, 0.3) is 0 Å². The topological polar surface area (TPSA) is 77.1 Å². The zero-order valence-corrected chi connectivity index (χ0v) is 15.9. The summed E-state index contributed by atoms with van der Waals surface area (Å²) >= 11 is 0. The van der Waals surface area contributed by atoms with Gasteiger partial charge in [0.25, 0.3) is 0 Å². The number of ether oxygens (including phenoxy) is 3. The second kappa shape index (κ2) is 8.60. The molecule has 0 aliphatic carbocycles. The molecule has 0 radical (unpaired) electrons. The Morgan fingerprint density at radius 1 is 1.27 bits per heavy atom. The Bertz CT molecular complexity index is 714. The van der Waals surface area contributed by atoms with E-state index in [2.05, 4.69) is 5.32 Å². The largest absolute Gasteiger partial charge is 0.493 e. The first kappa shape index (κ1) is 19.6. The highest BCUT2D eigenvalue weighted by Gasteiger charge is 2.35. The van der Waals surface area contributed by atoms with Crippen LogP contribution in [0.15, 0.2) is 29.5 Å². The fraction of sp³-hybridized carbons (Fsp3) is 0.474. The first-order chi connectivity index (χ1) is 12.4. The molecule has 0 saturated carbocycles. The number of nitrogens with one attached hydrogen (secondary N) is 1. The van der Waals surface area contributed by atoms with Crippen LogP contribution >= 0.6 is 0 Å². The summed E-state index contributed by atoms with van der Waals surface area (Å²) in [5.74, 6) is 0.716. The lowest BCUT2D eigenvalue weighted by molar-refractivity contribution is -0.139. The third kappa shape index (κ3) is 3.92. The number of allylic oxidation sites excluding steroid dienone is 1. The molecule has 1 unspecified atom stereocenters. The van der Waals surface area contributed by atoms with E-state index >= 15 is 0 Å². The van der Waals surface area contributed by atoms with E-state index in [0.29, 0.717) is 29.4 Å². The zero-order chi connectivity index (χ0) is 19.3. The molecule has 0 spiro atoms. The van der Waals surface area contributed by atoms with E-state index in [4.69, 9.17) is 14.2 Å². The van der Waals surface area contributed by atoms with Gasteiger partial charge in [0.05, 0.1) is 31.9 Å². The monoisotopic (exact) mass is 362 g/mol. The van der Waals surface area contributed by atoms with Gasteiger partial charge in [0.1, 0.15) is 0 Å². The molecule has 1 atom stereocenters. The van der Waals surface area contributed by atoms with Crippen molar-refractivity contribution >= 4 is 12.0 Å². The molecular formula is C19H26N2O5. The van der Waals surface area contributed by atoms with Gasteiger partial charge in [-0.3, -0.25) is 0 Å². The maximum atomic E-state index is 12.5. The minimum absolute atomic E-state index is 0.257. The summed E-state index contributed by atoms with van der Waals surface area (Å²) in [5.41, 5.74) is 1.68. The van der Waals surface area contributed by atoms with Crippen molar-refractivity contribution in [1.82, 2.24) is 10.2 Å². The normalized spacial score (nSPS) is 17.0. The SMILES string of the molecule is CCCOc1ccc(C2NC(=O)N(C)C(C)=C2C(=O)OCC)cc1OC. The molecule has 2 rings (SSSR count). The van der Waals surface area contributed by atoms with Crippen molar-refractivity contribution in [2.45, 2.75) is 33.2 Å². The summed E-state index contributed by atoms with van der Waals surface area (Å²) in [6.45, 7) is 6.33. The van der Waals surface area contributed by atoms with Gasteiger partial charge in [-0.15, -0.1) is 0 Å². The Balaban J connectivity index is 2.46. The minimum atomic E-state index is -0.619. The molecule has 0 fully saturated rings. The molecule has 2 amide bonds. The van der Waals surface area contributed by atoms with Gasteiger partial charge in [-0.2, -0.15) is 0 Å². The van der Waals surface area contributed by atoms with Crippen LogP contribution in [0.3, 0.4) is 0 Å². The van der Waals surface area contributed by atoms with Crippen LogP contribution in [-0.2, 0) is 9.53 Å². The second-order valence-electron chi connectivity index (χ2n) is 5.92. The average Bonchev–Trinajstić information content (AvgIpc) is 2.64. The van der Waals surface area contributed by atoms with Gasteiger partial charge in [-0.25, -0.2) is 9.59 Å². The fourth-order valence-corrected chi connectivity index (χ4v) is 2.75. The Kier molecular flexibility index (Phi) is 6.49. The number of hydrogen-bond acceptors (Lipinski definition) is 5. The molecule has 1 aromatic rings. The highest BCUT2D eigenvalue weighted by molar-refractivity contribution is 5.95. The molecule has 7 heteroatoms. The number of rotatable bonds is 7. The van der Waals surface area contributed by atoms with E-state index in [1.165, 1.54) is 4.90 Å². The third-order valence-corrected chi connectivity index (χ3v) is 4.23. The van der Waals surface area contributed by atoms with Crippen LogP contribution in [-0.4, -0.2) is 44.3 Å². The first-order valence-corrected chi connectivity index (χ1v) is 8.67. The molecule has 7 nitrogen and oxygen atoms in total. The summed E-state index contributed by atoms with van der Waals surface area (Å²) in [6.07, 6.45) is 0.880. The van der Waals surface area contributed by atoms with E-state index in [1.54, 1.807) is 40.1 Å². The van der Waals surface area contributed by atoms with Crippen molar-refractivity contribution in [1.29, 1.82) is 0 Å². The number of esters is 1. The molecule has 1 aromatic carbocycles. The van der Waals surface area contributed by atoms with Crippen molar-refractivity contribution in [3.8, 4) is 11.5 Å². The molecule has 0 aromatic heterocycles. The quantitative estimate of drug-likeness (QED) is 0.755. The van der Waals surface area contributed by atoms with Gasteiger partial charge in [0.15, 0.2) is 11.5 Å². The van der Waals surface area contributed by atoms with Crippen LogP contribution < -0.4 is 14.8 Å². The number of carbonyl (C=O) groups excluding carboxylic acids is 2. The lowest BCUT2D eigenvalue weighted by atomic mass is 9.94. The van der Waals surface area contributed by atoms with Gasteiger partial charge in [0.2, 0.25) is 0 Å². The van der Waals surface area contributed by atoms with Crippen LogP contribution in [0.2, 0.25) is 0 Å². The average molecular weight is 362 g/mol. The summed E-state index contributed by atoms with van der Waals surface area (Å²) in [6, 6.07) is 4.47. The van der Waals surface area contributed by atoms with Gasteiger partial charge in [-0.05, 0) is 38.0 Å². The highest BCUT2D eigenvalue weighted by atomic mass is 16.5. The van der Waals surface area contributed by atoms with E-state index in [0.717, 1.165) is 12.0 Å². The maximum Gasteiger partial charge on any atom is 0.338 e. The summed E-state index contributed by atoms with van der Waals surface area (Å²) < 4.78 is 16.3. The Hall–Kier alpha value is -2.70. The second-order valence-corrected chi connectivity index (χ2v) is 5.92. The number of methoxy groups -OCH3 is 1. The fourth-order valence-electron chi connectivity index (χ4n) is 2.75. The van der Waals surface area contributed by atoms with Crippen LogP contribution in [0.4, 0.5) is 4.79 Å². The molecule has 1 N–H and O–H groups in total. The van der Waals surface area contributed by atoms with E-state index < -0.39 is 12.0 Å². The molecule has 0 bridgehead atoms. The number of urea groups is 1. The zero-order valence-electron chi connectivity index (χ0n) is 15.9. The number of carbonyl (C=O) groups is 2. The van der Waals surface area contributed by atoms with E-state index in [9.17, 15) is 9.59 Å². The van der Waals surface area contributed by atoms with Crippen molar-refractivity contribution < 1.29 is 23.8 Å². The molecule has 1 heterocycles. The number of amides is 2. The van der Waals surface area contributed by atoms with Crippen molar-refractivity contribution in [2.75, 3.05) is 27.4 Å². The van der Waals surface area contributed by atoms with Crippen LogP contribution in [0.5, 0.6) is 11.5 Å².